The number of carbonyl (C=O) groups excluding carboxylic acids is 1. The number of thiophene rings is 1. The number of aryl methyl sites for hydroxylation is 5. The molecule has 0 fully saturated rings. The lowest BCUT2D eigenvalue weighted by atomic mass is 9.99. The van der Waals surface area contributed by atoms with Crippen LogP contribution in [-0.4, -0.2) is 21.5 Å². The molecule has 2 aromatic carbocycles. The van der Waals surface area contributed by atoms with Gasteiger partial charge >= 0.3 is 0 Å². The van der Waals surface area contributed by atoms with Crippen LogP contribution >= 0.6 is 23.1 Å². The summed E-state index contributed by atoms with van der Waals surface area (Å²) >= 11 is 3.18. The molecule has 0 saturated heterocycles. The van der Waals surface area contributed by atoms with Crippen molar-refractivity contribution in [2.24, 2.45) is 0 Å². The summed E-state index contributed by atoms with van der Waals surface area (Å²) in [7, 11) is 0. The second-order valence-corrected chi connectivity index (χ2v) is 9.87. The summed E-state index contributed by atoms with van der Waals surface area (Å²) in [5, 5.41) is 1.93. The second kappa shape index (κ2) is 8.32. The molecular weight excluding hydrogens is 408 g/mol. The van der Waals surface area contributed by atoms with Crippen molar-refractivity contribution >= 4 is 39.1 Å². The number of hydrogen-bond donors (Lipinski definition) is 0. The van der Waals surface area contributed by atoms with Crippen LogP contribution < -0.4 is 0 Å². The van der Waals surface area contributed by atoms with Crippen LogP contribution in [-0.2, 0) is 0 Å². The van der Waals surface area contributed by atoms with Gasteiger partial charge in [-0.1, -0.05) is 42.1 Å². The minimum absolute atomic E-state index is 0.120. The van der Waals surface area contributed by atoms with Crippen LogP contribution in [0.25, 0.3) is 21.3 Å². The molecule has 4 rings (SSSR count). The first-order valence-electron chi connectivity index (χ1n) is 9.90. The average molecular weight is 433 g/mol. The van der Waals surface area contributed by atoms with Gasteiger partial charge in [0, 0.05) is 16.0 Å². The van der Waals surface area contributed by atoms with E-state index in [1.54, 1.807) is 17.7 Å². The van der Waals surface area contributed by atoms with Gasteiger partial charge in [-0.15, -0.1) is 11.3 Å². The zero-order valence-electron chi connectivity index (χ0n) is 17.9. The molecule has 5 heteroatoms. The summed E-state index contributed by atoms with van der Waals surface area (Å²) in [6.45, 7) is 10.5. The summed E-state index contributed by atoms with van der Waals surface area (Å²) < 4.78 is 0. The molecule has 152 valence electrons. The maximum Gasteiger partial charge on any atom is 0.173 e. The molecule has 0 aliphatic heterocycles. The van der Waals surface area contributed by atoms with Crippen LogP contribution in [0.15, 0.2) is 47.8 Å². The van der Waals surface area contributed by atoms with Gasteiger partial charge in [-0.05, 0) is 68.5 Å². The van der Waals surface area contributed by atoms with Gasteiger partial charge in [0.1, 0.15) is 16.2 Å². The highest BCUT2D eigenvalue weighted by molar-refractivity contribution is 8.00. The van der Waals surface area contributed by atoms with E-state index >= 15 is 0 Å². The number of benzene rings is 2. The van der Waals surface area contributed by atoms with Crippen molar-refractivity contribution < 1.29 is 4.79 Å². The van der Waals surface area contributed by atoms with Crippen molar-refractivity contribution in [1.82, 2.24) is 9.97 Å². The predicted molar refractivity (Wildman–Crippen MR) is 128 cm³/mol. The number of hydrogen-bond acceptors (Lipinski definition) is 5. The lowest BCUT2D eigenvalue weighted by molar-refractivity contribution is 0.102. The number of Topliss-reactive ketones (excluding diaryl/α,β-unsaturated/α-hetero) is 1. The first-order valence-corrected chi connectivity index (χ1v) is 11.7. The minimum Gasteiger partial charge on any atom is -0.293 e. The van der Waals surface area contributed by atoms with Crippen LogP contribution in [0.4, 0.5) is 0 Å². The zero-order valence-corrected chi connectivity index (χ0v) is 19.5. The summed E-state index contributed by atoms with van der Waals surface area (Å²) in [5.74, 6) is 0.477. The van der Waals surface area contributed by atoms with E-state index in [0.717, 1.165) is 26.4 Å². The molecule has 0 radical (unpaired) electrons. The molecule has 0 atom stereocenters. The predicted octanol–water partition coefficient (Wildman–Crippen LogP) is 6.88. The van der Waals surface area contributed by atoms with Gasteiger partial charge < -0.3 is 0 Å². The van der Waals surface area contributed by atoms with Gasteiger partial charge in [0.15, 0.2) is 5.78 Å². The smallest absolute Gasteiger partial charge is 0.173 e. The van der Waals surface area contributed by atoms with Gasteiger partial charge in [0.2, 0.25) is 0 Å². The van der Waals surface area contributed by atoms with Crippen LogP contribution in [0.5, 0.6) is 0 Å². The minimum atomic E-state index is 0.120. The molecule has 0 amide bonds. The Morgan fingerprint density at radius 3 is 2.30 bits per heavy atom. The number of rotatable bonds is 5. The number of nitrogens with zero attached hydrogens (tertiary/aromatic N) is 2. The first-order chi connectivity index (χ1) is 14.3. The van der Waals surface area contributed by atoms with E-state index in [2.05, 4.69) is 55.9 Å². The third-order valence-electron chi connectivity index (χ3n) is 5.59. The first kappa shape index (κ1) is 20.8. The third kappa shape index (κ3) is 3.92. The summed E-state index contributed by atoms with van der Waals surface area (Å²) in [5.41, 5.74) is 8.00. The maximum absolute atomic E-state index is 12.8. The molecule has 0 spiro atoms. The largest absolute Gasteiger partial charge is 0.293 e. The zero-order chi connectivity index (χ0) is 21.4. The molecule has 0 bridgehead atoms. The fraction of sp³-hybridized carbons (Fsp3) is 0.240. The number of thioether (sulfide) groups is 1. The lowest BCUT2D eigenvalue weighted by Gasteiger charge is -2.09. The molecule has 2 heterocycles. The third-order valence-corrected chi connectivity index (χ3v) is 7.60. The van der Waals surface area contributed by atoms with E-state index in [1.807, 2.05) is 25.1 Å². The van der Waals surface area contributed by atoms with Crippen molar-refractivity contribution in [3.63, 3.8) is 0 Å². The molecule has 30 heavy (non-hydrogen) atoms. The van der Waals surface area contributed by atoms with Gasteiger partial charge in [0.25, 0.3) is 0 Å². The number of aromatic nitrogens is 2. The van der Waals surface area contributed by atoms with E-state index in [9.17, 15) is 4.79 Å². The standard InChI is InChI=1S/C25H24N2OS2/c1-14-6-8-19(10-16(14)3)21(28)12-29-24-23-22(18(5)30-25(23)27-13-26-24)20-9-7-15(2)17(4)11-20/h6-11,13H,12H2,1-5H3. The molecule has 4 aromatic rings. The Morgan fingerprint density at radius 2 is 1.60 bits per heavy atom. The molecule has 3 nitrogen and oxygen atoms in total. The van der Waals surface area contributed by atoms with E-state index in [0.29, 0.717) is 5.75 Å². The molecule has 0 aliphatic rings. The number of carbonyl (C=O) groups is 1. The number of fused-ring (bicyclic) bond motifs is 1. The Labute approximate surface area is 185 Å². The Kier molecular flexibility index (Phi) is 5.76. The molecule has 0 aliphatic carbocycles. The molecule has 0 N–H and O–H groups in total. The molecule has 0 saturated carbocycles. The van der Waals surface area contributed by atoms with Crippen molar-refractivity contribution in [2.45, 2.75) is 39.6 Å². The van der Waals surface area contributed by atoms with Crippen molar-refractivity contribution in [3.05, 3.63) is 75.4 Å². The van der Waals surface area contributed by atoms with Crippen molar-refractivity contribution in [1.29, 1.82) is 0 Å². The monoisotopic (exact) mass is 432 g/mol. The molecular formula is C25H24N2OS2. The Morgan fingerprint density at radius 1 is 0.900 bits per heavy atom. The van der Waals surface area contributed by atoms with Crippen LogP contribution in [0, 0.1) is 34.6 Å². The number of ketones is 1. The lowest BCUT2D eigenvalue weighted by Crippen LogP contribution is -2.03. The fourth-order valence-corrected chi connectivity index (χ4v) is 5.48. The Balaban J connectivity index is 1.70. The van der Waals surface area contributed by atoms with Crippen LogP contribution in [0.3, 0.4) is 0 Å². The van der Waals surface area contributed by atoms with E-state index in [1.165, 1.54) is 44.5 Å². The molecule has 0 unspecified atom stereocenters. The Bertz CT molecular complexity index is 1270. The summed E-state index contributed by atoms with van der Waals surface area (Å²) in [6, 6.07) is 12.5. The summed E-state index contributed by atoms with van der Waals surface area (Å²) in [6.07, 6.45) is 1.60. The van der Waals surface area contributed by atoms with E-state index < -0.39 is 0 Å². The highest BCUT2D eigenvalue weighted by Crippen LogP contribution is 2.41. The second-order valence-electron chi connectivity index (χ2n) is 7.70. The summed E-state index contributed by atoms with van der Waals surface area (Å²) in [4.78, 5) is 24.0. The topological polar surface area (TPSA) is 42.9 Å². The quantitative estimate of drug-likeness (QED) is 0.196. The average Bonchev–Trinajstić information content (AvgIpc) is 3.06. The van der Waals surface area contributed by atoms with Gasteiger partial charge in [-0.2, -0.15) is 0 Å². The van der Waals surface area contributed by atoms with E-state index in [-0.39, 0.29) is 5.78 Å². The SMILES string of the molecule is Cc1ccc(C(=O)CSc2ncnc3sc(C)c(-c4ccc(C)c(C)c4)c23)cc1C. The molecule has 2 aromatic heterocycles. The highest BCUT2D eigenvalue weighted by Gasteiger charge is 2.18. The normalized spacial score (nSPS) is 11.2. The fourth-order valence-electron chi connectivity index (χ4n) is 3.50. The van der Waals surface area contributed by atoms with Gasteiger partial charge in [-0.3, -0.25) is 4.79 Å². The van der Waals surface area contributed by atoms with Crippen LogP contribution in [0.2, 0.25) is 0 Å². The van der Waals surface area contributed by atoms with E-state index in [4.69, 9.17) is 0 Å². The highest BCUT2D eigenvalue weighted by atomic mass is 32.2. The van der Waals surface area contributed by atoms with Crippen LogP contribution in [0.1, 0.15) is 37.5 Å². The van der Waals surface area contributed by atoms with Crippen molar-refractivity contribution in [2.75, 3.05) is 5.75 Å². The Hall–Kier alpha value is -2.50. The maximum atomic E-state index is 12.8. The van der Waals surface area contributed by atoms with Gasteiger partial charge in [0.05, 0.1) is 11.1 Å². The van der Waals surface area contributed by atoms with Crippen molar-refractivity contribution in [3.8, 4) is 11.1 Å². The van der Waals surface area contributed by atoms with Gasteiger partial charge in [-0.25, -0.2) is 9.97 Å².